The van der Waals surface area contributed by atoms with Crippen molar-refractivity contribution < 1.29 is 13.6 Å². The number of carbonyl (C=O) groups excluding carboxylic acids is 1. The van der Waals surface area contributed by atoms with Gasteiger partial charge in [-0.1, -0.05) is 23.8 Å². The lowest BCUT2D eigenvalue weighted by atomic mass is 10.1. The van der Waals surface area contributed by atoms with E-state index < -0.39 is 6.03 Å². The van der Waals surface area contributed by atoms with Crippen LogP contribution >= 0.6 is 0 Å². The number of nitrogens with zero attached hydrogens (tertiary/aromatic N) is 1. The normalized spacial score (nSPS) is 10.6. The molecule has 0 spiro atoms. The highest BCUT2D eigenvalue weighted by Gasteiger charge is 2.08. The van der Waals surface area contributed by atoms with Gasteiger partial charge in [0.2, 0.25) is 5.89 Å². The van der Waals surface area contributed by atoms with Crippen LogP contribution in [0, 0.1) is 19.7 Å². The third-order valence-corrected chi connectivity index (χ3v) is 3.95. The van der Waals surface area contributed by atoms with Crippen LogP contribution in [0.15, 0.2) is 53.1 Å². The molecule has 0 atom stereocenters. The van der Waals surface area contributed by atoms with E-state index in [0.717, 1.165) is 11.3 Å². The van der Waals surface area contributed by atoms with Gasteiger partial charge in [0.1, 0.15) is 12.1 Å². The van der Waals surface area contributed by atoms with E-state index in [1.165, 1.54) is 11.6 Å². The lowest BCUT2D eigenvalue weighted by Gasteiger charge is -2.07. The number of hydrogen-bond acceptors (Lipinski definition) is 3. The van der Waals surface area contributed by atoms with Gasteiger partial charge in [0.25, 0.3) is 0 Å². The molecule has 6 heteroatoms. The van der Waals surface area contributed by atoms with Crippen molar-refractivity contribution in [2.24, 2.45) is 0 Å². The number of benzene rings is 2. The summed E-state index contributed by atoms with van der Waals surface area (Å²) in [6, 6.07) is 12.1. The minimum Gasteiger partial charge on any atom is -0.444 e. The molecule has 0 saturated carbocycles. The van der Waals surface area contributed by atoms with Crippen LogP contribution < -0.4 is 10.6 Å². The number of aromatic nitrogens is 1. The van der Waals surface area contributed by atoms with Crippen LogP contribution in [0.2, 0.25) is 0 Å². The van der Waals surface area contributed by atoms with Crippen molar-refractivity contribution in [3.8, 4) is 11.5 Å². The first-order chi connectivity index (χ1) is 12.5. The molecule has 0 aliphatic heterocycles. The number of urea groups is 1. The molecule has 0 saturated heterocycles. The van der Waals surface area contributed by atoms with Crippen LogP contribution in [0.3, 0.4) is 0 Å². The lowest BCUT2D eigenvalue weighted by Crippen LogP contribution is -2.30. The maximum Gasteiger partial charge on any atom is 0.319 e. The van der Waals surface area contributed by atoms with Crippen molar-refractivity contribution in [3.05, 3.63) is 71.4 Å². The number of anilines is 1. The Morgan fingerprint density at radius 3 is 2.65 bits per heavy atom. The van der Waals surface area contributed by atoms with Crippen molar-refractivity contribution in [2.75, 3.05) is 11.9 Å². The Bertz CT molecular complexity index is 904. The predicted octanol–water partition coefficient (Wildman–Crippen LogP) is 4.46. The van der Waals surface area contributed by atoms with E-state index in [1.54, 1.807) is 25.3 Å². The minimum absolute atomic E-state index is 0.353. The monoisotopic (exact) mass is 353 g/mol. The van der Waals surface area contributed by atoms with Crippen LogP contribution in [0.1, 0.15) is 16.8 Å². The standard InChI is InChI=1S/C20H20FN3O2/c1-13-3-6-15(7-4-13)19-23-17(12-26-19)9-10-22-20(25)24-16-8-5-14(2)18(21)11-16/h3-8,11-12H,9-10H2,1-2H3,(H2,22,24,25). The maximum atomic E-state index is 13.5. The molecule has 5 nitrogen and oxygen atoms in total. The summed E-state index contributed by atoms with van der Waals surface area (Å²) in [5, 5.41) is 5.31. The summed E-state index contributed by atoms with van der Waals surface area (Å²) in [6.07, 6.45) is 2.12. The van der Waals surface area contributed by atoms with Gasteiger partial charge in [-0.3, -0.25) is 0 Å². The van der Waals surface area contributed by atoms with Gasteiger partial charge in [0.05, 0.1) is 5.69 Å². The Kier molecular flexibility index (Phi) is 5.31. The fourth-order valence-corrected chi connectivity index (χ4v) is 2.40. The zero-order valence-electron chi connectivity index (χ0n) is 14.7. The molecule has 3 rings (SSSR count). The zero-order valence-corrected chi connectivity index (χ0v) is 14.7. The summed E-state index contributed by atoms with van der Waals surface area (Å²) in [5.41, 5.74) is 3.78. The second-order valence-electron chi connectivity index (χ2n) is 6.10. The molecule has 0 aliphatic carbocycles. The molecule has 1 heterocycles. The highest BCUT2D eigenvalue weighted by Crippen LogP contribution is 2.19. The van der Waals surface area contributed by atoms with Gasteiger partial charge in [-0.2, -0.15) is 0 Å². The van der Waals surface area contributed by atoms with Gasteiger partial charge >= 0.3 is 6.03 Å². The van der Waals surface area contributed by atoms with Crippen molar-refractivity contribution in [2.45, 2.75) is 20.3 Å². The summed E-state index contributed by atoms with van der Waals surface area (Å²) < 4.78 is 19.0. The number of oxazole rings is 1. The fraction of sp³-hybridized carbons (Fsp3) is 0.200. The van der Waals surface area contributed by atoms with E-state index in [4.69, 9.17) is 4.42 Å². The molecule has 2 N–H and O–H groups in total. The number of rotatable bonds is 5. The summed E-state index contributed by atoms with van der Waals surface area (Å²) in [7, 11) is 0. The molecule has 26 heavy (non-hydrogen) atoms. The Balaban J connectivity index is 1.49. The zero-order chi connectivity index (χ0) is 18.5. The molecule has 0 bridgehead atoms. The largest absolute Gasteiger partial charge is 0.444 e. The Morgan fingerprint density at radius 1 is 1.15 bits per heavy atom. The Labute approximate surface area is 151 Å². The van der Waals surface area contributed by atoms with Crippen molar-refractivity contribution in [3.63, 3.8) is 0 Å². The lowest BCUT2D eigenvalue weighted by molar-refractivity contribution is 0.252. The maximum absolute atomic E-state index is 13.5. The molecule has 0 fully saturated rings. The Morgan fingerprint density at radius 2 is 1.92 bits per heavy atom. The fourth-order valence-electron chi connectivity index (χ4n) is 2.40. The molecular weight excluding hydrogens is 333 g/mol. The van der Waals surface area contributed by atoms with Crippen LogP contribution in [0.25, 0.3) is 11.5 Å². The van der Waals surface area contributed by atoms with Crippen LogP contribution in [-0.4, -0.2) is 17.6 Å². The van der Waals surface area contributed by atoms with E-state index in [0.29, 0.717) is 30.1 Å². The van der Waals surface area contributed by atoms with E-state index in [9.17, 15) is 9.18 Å². The number of nitrogens with one attached hydrogen (secondary N) is 2. The first-order valence-electron chi connectivity index (χ1n) is 8.34. The topological polar surface area (TPSA) is 67.2 Å². The van der Waals surface area contributed by atoms with Gasteiger partial charge < -0.3 is 15.1 Å². The highest BCUT2D eigenvalue weighted by atomic mass is 19.1. The molecule has 0 aliphatic rings. The van der Waals surface area contributed by atoms with Crippen LogP contribution in [0.5, 0.6) is 0 Å². The average Bonchev–Trinajstić information content (AvgIpc) is 3.08. The van der Waals surface area contributed by atoms with Crippen LogP contribution in [0.4, 0.5) is 14.9 Å². The molecule has 3 aromatic rings. The first kappa shape index (κ1) is 17.7. The molecule has 1 aromatic heterocycles. The van der Waals surface area contributed by atoms with Gasteiger partial charge in [0, 0.05) is 24.2 Å². The van der Waals surface area contributed by atoms with E-state index in [2.05, 4.69) is 15.6 Å². The van der Waals surface area contributed by atoms with E-state index in [1.807, 2.05) is 31.2 Å². The number of hydrogen-bond donors (Lipinski definition) is 2. The van der Waals surface area contributed by atoms with E-state index in [-0.39, 0.29) is 5.82 Å². The minimum atomic E-state index is -0.393. The van der Waals surface area contributed by atoms with Crippen LogP contribution in [-0.2, 0) is 6.42 Å². The molecule has 134 valence electrons. The second kappa shape index (κ2) is 7.82. The number of amides is 2. The second-order valence-corrected chi connectivity index (χ2v) is 6.10. The average molecular weight is 353 g/mol. The third kappa shape index (κ3) is 4.47. The quantitative estimate of drug-likeness (QED) is 0.711. The smallest absolute Gasteiger partial charge is 0.319 e. The van der Waals surface area contributed by atoms with Crippen molar-refractivity contribution in [1.29, 1.82) is 0 Å². The van der Waals surface area contributed by atoms with Gasteiger partial charge in [0.15, 0.2) is 0 Å². The van der Waals surface area contributed by atoms with E-state index >= 15 is 0 Å². The summed E-state index contributed by atoms with van der Waals surface area (Å²) >= 11 is 0. The molecule has 2 amide bonds. The van der Waals surface area contributed by atoms with Crippen molar-refractivity contribution in [1.82, 2.24) is 10.3 Å². The summed E-state index contributed by atoms with van der Waals surface area (Å²) in [6.45, 7) is 4.08. The first-order valence-corrected chi connectivity index (χ1v) is 8.34. The highest BCUT2D eigenvalue weighted by molar-refractivity contribution is 5.89. The summed E-state index contributed by atoms with van der Waals surface area (Å²) in [5.74, 6) is 0.202. The predicted molar refractivity (Wildman–Crippen MR) is 98.5 cm³/mol. The SMILES string of the molecule is Cc1ccc(-c2nc(CCNC(=O)Nc3ccc(C)c(F)c3)co2)cc1. The number of halogens is 1. The van der Waals surface area contributed by atoms with Gasteiger partial charge in [-0.15, -0.1) is 0 Å². The number of aryl methyl sites for hydroxylation is 2. The Hall–Kier alpha value is -3.15. The molecule has 2 aromatic carbocycles. The molecule has 0 radical (unpaired) electrons. The number of carbonyl (C=O) groups is 1. The van der Waals surface area contributed by atoms with Gasteiger partial charge in [-0.05, 0) is 43.7 Å². The van der Waals surface area contributed by atoms with Crippen molar-refractivity contribution >= 4 is 11.7 Å². The molecule has 0 unspecified atom stereocenters. The van der Waals surface area contributed by atoms with Gasteiger partial charge in [-0.25, -0.2) is 14.2 Å². The summed E-state index contributed by atoms with van der Waals surface area (Å²) in [4.78, 5) is 16.3. The third-order valence-electron chi connectivity index (χ3n) is 3.95. The molecular formula is C20H20FN3O2.